The summed E-state index contributed by atoms with van der Waals surface area (Å²) in [4.78, 5) is 4.04. The first-order valence-electron chi connectivity index (χ1n) is 3.96. The number of aliphatic hydroxyl groups excluding tert-OH is 2. The lowest BCUT2D eigenvalue weighted by Crippen LogP contribution is -2.04. The van der Waals surface area contributed by atoms with Crippen molar-refractivity contribution < 1.29 is 10.2 Å². The Labute approximate surface area is 71.7 Å². The van der Waals surface area contributed by atoms with Crippen LogP contribution in [0.3, 0.4) is 0 Å². The molecule has 0 aliphatic heterocycles. The Balaban J connectivity index is 2.79. The fourth-order valence-corrected chi connectivity index (χ4v) is 1.11. The number of hydrogen-bond acceptors (Lipinski definition) is 3. The van der Waals surface area contributed by atoms with Crippen molar-refractivity contribution in [1.29, 1.82) is 0 Å². The molecule has 0 amide bonds. The maximum absolute atomic E-state index is 9.48. The van der Waals surface area contributed by atoms with Gasteiger partial charge in [-0.2, -0.15) is 0 Å². The molecule has 0 radical (unpaired) electrons. The summed E-state index contributed by atoms with van der Waals surface area (Å²) in [5, 5.41) is 18.1. The van der Waals surface area contributed by atoms with E-state index in [1.165, 1.54) is 0 Å². The van der Waals surface area contributed by atoms with E-state index in [1.54, 1.807) is 6.20 Å². The predicted octanol–water partition coefficient (Wildman–Crippen LogP) is 0.806. The third-order valence-electron chi connectivity index (χ3n) is 1.77. The Morgan fingerprint density at radius 3 is 2.92 bits per heavy atom. The molecule has 1 aromatic heterocycles. The van der Waals surface area contributed by atoms with E-state index in [2.05, 4.69) is 4.98 Å². The molecule has 0 aromatic carbocycles. The van der Waals surface area contributed by atoms with E-state index < -0.39 is 6.10 Å². The van der Waals surface area contributed by atoms with E-state index in [0.29, 0.717) is 12.1 Å². The molecule has 0 fully saturated rings. The van der Waals surface area contributed by atoms with Crippen LogP contribution in [-0.4, -0.2) is 21.8 Å². The van der Waals surface area contributed by atoms with Gasteiger partial charge in [0, 0.05) is 19.2 Å². The van der Waals surface area contributed by atoms with E-state index in [9.17, 15) is 5.11 Å². The van der Waals surface area contributed by atoms with Crippen molar-refractivity contribution in [3.8, 4) is 0 Å². The van der Waals surface area contributed by atoms with Gasteiger partial charge in [-0.3, -0.25) is 4.98 Å². The first-order valence-corrected chi connectivity index (χ1v) is 3.96. The zero-order valence-electron chi connectivity index (χ0n) is 7.07. The molecule has 2 N–H and O–H groups in total. The van der Waals surface area contributed by atoms with Gasteiger partial charge >= 0.3 is 0 Å². The van der Waals surface area contributed by atoms with Gasteiger partial charge in [-0.05, 0) is 18.6 Å². The van der Waals surface area contributed by atoms with Crippen LogP contribution in [0, 0.1) is 6.92 Å². The minimum Gasteiger partial charge on any atom is -0.396 e. The second kappa shape index (κ2) is 4.18. The molecule has 0 saturated carbocycles. The number of rotatable bonds is 3. The number of pyridine rings is 1. The molecular formula is C9H13NO2. The minimum absolute atomic E-state index is 0.0167. The van der Waals surface area contributed by atoms with E-state index in [-0.39, 0.29) is 6.61 Å². The Kier molecular flexibility index (Phi) is 3.19. The fourth-order valence-electron chi connectivity index (χ4n) is 1.11. The molecule has 1 rings (SSSR count). The van der Waals surface area contributed by atoms with Crippen molar-refractivity contribution in [3.63, 3.8) is 0 Å². The second-order valence-corrected chi connectivity index (χ2v) is 2.73. The average molecular weight is 167 g/mol. The van der Waals surface area contributed by atoms with Gasteiger partial charge in [-0.15, -0.1) is 0 Å². The van der Waals surface area contributed by atoms with Crippen LogP contribution in [-0.2, 0) is 0 Å². The largest absolute Gasteiger partial charge is 0.396 e. The molecule has 1 aromatic rings. The number of aromatic nitrogens is 1. The lowest BCUT2D eigenvalue weighted by molar-refractivity contribution is 0.130. The summed E-state index contributed by atoms with van der Waals surface area (Å²) in [6.45, 7) is 1.88. The quantitative estimate of drug-likeness (QED) is 0.700. The first kappa shape index (κ1) is 9.16. The molecule has 1 atom stereocenters. The highest BCUT2D eigenvalue weighted by Crippen LogP contribution is 2.16. The highest BCUT2D eigenvalue weighted by Gasteiger charge is 2.09. The van der Waals surface area contributed by atoms with Gasteiger partial charge in [0.05, 0.1) is 11.8 Å². The van der Waals surface area contributed by atoms with Crippen LogP contribution >= 0.6 is 0 Å². The molecule has 0 aliphatic carbocycles. The Morgan fingerprint density at radius 2 is 2.33 bits per heavy atom. The number of aliphatic hydroxyl groups is 2. The number of aryl methyl sites for hydroxylation is 1. The molecule has 1 heterocycles. The summed E-state index contributed by atoms with van der Waals surface area (Å²) in [5.41, 5.74) is 1.62. The Morgan fingerprint density at radius 1 is 1.58 bits per heavy atom. The number of hydrogen-bond donors (Lipinski definition) is 2. The SMILES string of the molecule is Cc1cccnc1C(O)CCO. The Bertz CT molecular complexity index is 250. The molecular weight excluding hydrogens is 154 g/mol. The molecule has 0 saturated heterocycles. The van der Waals surface area contributed by atoms with E-state index >= 15 is 0 Å². The van der Waals surface area contributed by atoms with Crippen molar-refractivity contribution in [2.24, 2.45) is 0 Å². The van der Waals surface area contributed by atoms with Gasteiger partial charge < -0.3 is 10.2 Å². The van der Waals surface area contributed by atoms with Crippen LogP contribution in [0.2, 0.25) is 0 Å². The summed E-state index contributed by atoms with van der Waals surface area (Å²) in [5.74, 6) is 0. The summed E-state index contributed by atoms with van der Waals surface area (Å²) < 4.78 is 0. The van der Waals surface area contributed by atoms with Crippen LogP contribution in [0.1, 0.15) is 23.8 Å². The summed E-state index contributed by atoms with van der Waals surface area (Å²) in [6, 6.07) is 3.72. The molecule has 0 aliphatic rings. The van der Waals surface area contributed by atoms with Gasteiger partial charge in [-0.1, -0.05) is 6.07 Å². The molecule has 66 valence electrons. The first-order chi connectivity index (χ1) is 5.75. The van der Waals surface area contributed by atoms with Crippen molar-refractivity contribution >= 4 is 0 Å². The van der Waals surface area contributed by atoms with Crippen molar-refractivity contribution in [2.45, 2.75) is 19.4 Å². The molecule has 0 spiro atoms. The smallest absolute Gasteiger partial charge is 0.0984 e. The third kappa shape index (κ3) is 2.03. The van der Waals surface area contributed by atoms with Crippen molar-refractivity contribution in [1.82, 2.24) is 4.98 Å². The van der Waals surface area contributed by atoms with Crippen molar-refractivity contribution in [3.05, 3.63) is 29.6 Å². The lowest BCUT2D eigenvalue weighted by atomic mass is 10.1. The van der Waals surface area contributed by atoms with Gasteiger partial charge in [0.1, 0.15) is 0 Å². The average Bonchev–Trinajstić information content (AvgIpc) is 2.05. The topological polar surface area (TPSA) is 53.4 Å². The summed E-state index contributed by atoms with van der Waals surface area (Å²) >= 11 is 0. The normalized spacial score (nSPS) is 12.9. The Hall–Kier alpha value is -0.930. The van der Waals surface area contributed by atoms with Crippen molar-refractivity contribution in [2.75, 3.05) is 6.61 Å². The monoisotopic (exact) mass is 167 g/mol. The summed E-state index contributed by atoms with van der Waals surface area (Å²) in [6.07, 6.45) is 1.34. The maximum Gasteiger partial charge on any atom is 0.0984 e. The van der Waals surface area contributed by atoms with Crippen LogP contribution in [0.4, 0.5) is 0 Å². The van der Waals surface area contributed by atoms with Gasteiger partial charge in [0.25, 0.3) is 0 Å². The van der Waals surface area contributed by atoms with Crippen LogP contribution in [0.5, 0.6) is 0 Å². The van der Waals surface area contributed by atoms with E-state index in [1.807, 2.05) is 19.1 Å². The molecule has 0 bridgehead atoms. The molecule has 1 unspecified atom stereocenters. The van der Waals surface area contributed by atoms with Crippen LogP contribution < -0.4 is 0 Å². The lowest BCUT2D eigenvalue weighted by Gasteiger charge is -2.09. The zero-order valence-corrected chi connectivity index (χ0v) is 7.07. The number of nitrogens with zero attached hydrogens (tertiary/aromatic N) is 1. The predicted molar refractivity (Wildman–Crippen MR) is 45.6 cm³/mol. The summed E-state index contributed by atoms with van der Waals surface area (Å²) in [7, 11) is 0. The molecule has 12 heavy (non-hydrogen) atoms. The second-order valence-electron chi connectivity index (χ2n) is 2.73. The zero-order chi connectivity index (χ0) is 8.97. The minimum atomic E-state index is -0.642. The maximum atomic E-state index is 9.48. The standard InChI is InChI=1S/C9H13NO2/c1-7-3-2-5-10-9(7)8(12)4-6-11/h2-3,5,8,11-12H,4,6H2,1H3. The highest BCUT2D eigenvalue weighted by molar-refractivity contribution is 5.19. The fraction of sp³-hybridized carbons (Fsp3) is 0.444. The molecule has 3 heteroatoms. The van der Waals surface area contributed by atoms with Gasteiger partial charge in [-0.25, -0.2) is 0 Å². The van der Waals surface area contributed by atoms with Crippen LogP contribution in [0.25, 0.3) is 0 Å². The van der Waals surface area contributed by atoms with Gasteiger partial charge in [0.2, 0.25) is 0 Å². The third-order valence-corrected chi connectivity index (χ3v) is 1.77. The van der Waals surface area contributed by atoms with Gasteiger partial charge in [0.15, 0.2) is 0 Å². The van der Waals surface area contributed by atoms with Crippen LogP contribution in [0.15, 0.2) is 18.3 Å². The molecule has 3 nitrogen and oxygen atoms in total. The van der Waals surface area contributed by atoms with E-state index in [0.717, 1.165) is 5.56 Å². The van der Waals surface area contributed by atoms with E-state index in [4.69, 9.17) is 5.11 Å². The highest BCUT2D eigenvalue weighted by atomic mass is 16.3.